The molecule has 1 aromatic rings. The second-order valence-electron chi connectivity index (χ2n) is 5.00. The van der Waals surface area contributed by atoms with E-state index in [1.165, 1.54) is 12.1 Å². The van der Waals surface area contributed by atoms with Crippen LogP contribution in [0, 0.1) is 11.7 Å². The van der Waals surface area contributed by atoms with Crippen molar-refractivity contribution in [1.82, 2.24) is 0 Å². The number of hydrogen-bond donors (Lipinski definition) is 1. The summed E-state index contributed by atoms with van der Waals surface area (Å²) in [7, 11) is 0. The first-order valence-corrected chi connectivity index (χ1v) is 6.76. The van der Waals surface area contributed by atoms with Gasteiger partial charge in [0, 0.05) is 5.56 Å². The van der Waals surface area contributed by atoms with Gasteiger partial charge >= 0.3 is 5.97 Å². The van der Waals surface area contributed by atoms with Crippen LogP contribution in [-0.2, 0) is 4.79 Å². The van der Waals surface area contributed by atoms with Crippen molar-refractivity contribution in [3.8, 4) is 5.75 Å². The van der Waals surface area contributed by atoms with Gasteiger partial charge in [0.05, 0.1) is 12.5 Å². The molecule has 4 heteroatoms. The lowest BCUT2D eigenvalue weighted by Gasteiger charge is -2.27. The molecule has 1 aliphatic rings. The largest absolute Gasteiger partial charge is 0.494 e. The van der Waals surface area contributed by atoms with Crippen molar-refractivity contribution in [3.63, 3.8) is 0 Å². The second-order valence-corrected chi connectivity index (χ2v) is 5.00. The number of hydrogen-bond acceptors (Lipinski definition) is 2. The van der Waals surface area contributed by atoms with Crippen LogP contribution in [0.2, 0.25) is 0 Å². The van der Waals surface area contributed by atoms with Crippen molar-refractivity contribution >= 4 is 5.97 Å². The minimum atomic E-state index is -0.720. The Bertz CT molecular complexity index is 451. The van der Waals surface area contributed by atoms with Gasteiger partial charge in [-0.05, 0) is 56.7 Å². The summed E-state index contributed by atoms with van der Waals surface area (Å²) < 4.78 is 18.9. The smallest absolute Gasteiger partial charge is 0.306 e. The van der Waals surface area contributed by atoms with Crippen LogP contribution >= 0.6 is 0 Å². The Labute approximate surface area is 112 Å². The molecule has 2 rings (SSSR count). The van der Waals surface area contributed by atoms with E-state index >= 15 is 0 Å². The Morgan fingerprint density at radius 2 is 2.05 bits per heavy atom. The van der Waals surface area contributed by atoms with Crippen molar-refractivity contribution in [1.29, 1.82) is 0 Å². The van der Waals surface area contributed by atoms with E-state index in [-0.39, 0.29) is 17.7 Å². The molecule has 104 valence electrons. The fourth-order valence-corrected chi connectivity index (χ4v) is 2.78. The number of benzene rings is 1. The summed E-state index contributed by atoms with van der Waals surface area (Å²) in [5.74, 6) is -0.308. The molecule has 0 aromatic heterocycles. The summed E-state index contributed by atoms with van der Waals surface area (Å²) in [4.78, 5) is 10.9. The molecule has 0 spiro atoms. The number of carboxylic acids is 1. The first-order valence-electron chi connectivity index (χ1n) is 6.76. The second kappa shape index (κ2) is 6.04. The molecule has 1 saturated carbocycles. The van der Waals surface area contributed by atoms with E-state index < -0.39 is 5.97 Å². The van der Waals surface area contributed by atoms with Gasteiger partial charge in [0.15, 0.2) is 0 Å². The molecule has 0 amide bonds. The van der Waals surface area contributed by atoms with Crippen LogP contribution in [0.4, 0.5) is 4.39 Å². The highest BCUT2D eigenvalue weighted by Crippen LogP contribution is 2.39. The molecule has 0 aliphatic heterocycles. The summed E-state index contributed by atoms with van der Waals surface area (Å²) >= 11 is 0. The van der Waals surface area contributed by atoms with Gasteiger partial charge in [-0.3, -0.25) is 4.79 Å². The maximum atomic E-state index is 13.4. The molecule has 1 aliphatic carbocycles. The Morgan fingerprint density at radius 1 is 1.37 bits per heavy atom. The molecular formula is C15H19FO3. The third-order valence-corrected chi connectivity index (χ3v) is 3.79. The van der Waals surface area contributed by atoms with Gasteiger partial charge in [0.25, 0.3) is 0 Å². The minimum Gasteiger partial charge on any atom is -0.494 e. The fraction of sp³-hybridized carbons (Fsp3) is 0.533. The van der Waals surface area contributed by atoms with Crippen LogP contribution in [0.15, 0.2) is 18.2 Å². The van der Waals surface area contributed by atoms with Crippen molar-refractivity contribution in [2.45, 2.75) is 38.5 Å². The Kier molecular flexibility index (Phi) is 4.40. The first-order chi connectivity index (χ1) is 9.11. The summed E-state index contributed by atoms with van der Waals surface area (Å²) in [6, 6.07) is 4.59. The maximum Gasteiger partial charge on any atom is 0.306 e. The molecule has 0 atom stereocenters. The molecule has 3 nitrogen and oxygen atoms in total. The monoisotopic (exact) mass is 266 g/mol. The van der Waals surface area contributed by atoms with E-state index in [9.17, 15) is 9.18 Å². The lowest BCUT2D eigenvalue weighted by Crippen LogP contribution is -2.20. The molecule has 0 unspecified atom stereocenters. The zero-order valence-corrected chi connectivity index (χ0v) is 11.1. The standard InChI is InChI=1S/C15H19FO3/c1-2-19-14-8-7-12(16)9-13(14)10-3-5-11(6-4-10)15(17)18/h7-11H,2-6H2,1H3,(H,17,18). The van der Waals surface area contributed by atoms with E-state index in [1.54, 1.807) is 6.07 Å². The third kappa shape index (κ3) is 3.25. The molecule has 1 N–H and O–H groups in total. The molecular weight excluding hydrogens is 247 g/mol. The normalized spacial score (nSPS) is 23.1. The SMILES string of the molecule is CCOc1ccc(F)cc1C1CCC(C(=O)O)CC1. The zero-order valence-electron chi connectivity index (χ0n) is 11.1. The highest BCUT2D eigenvalue weighted by Gasteiger charge is 2.28. The lowest BCUT2D eigenvalue weighted by molar-refractivity contribution is -0.142. The van der Waals surface area contributed by atoms with Crippen LogP contribution in [-0.4, -0.2) is 17.7 Å². The number of halogens is 1. The number of carbonyl (C=O) groups is 1. The number of aliphatic carboxylic acids is 1. The third-order valence-electron chi connectivity index (χ3n) is 3.79. The highest BCUT2D eigenvalue weighted by atomic mass is 19.1. The summed E-state index contributed by atoms with van der Waals surface area (Å²) in [5, 5.41) is 8.99. The van der Waals surface area contributed by atoms with Gasteiger partial charge in [0.1, 0.15) is 11.6 Å². The van der Waals surface area contributed by atoms with E-state index in [1.807, 2.05) is 6.92 Å². The van der Waals surface area contributed by atoms with Crippen LogP contribution in [0.1, 0.15) is 44.1 Å². The van der Waals surface area contributed by atoms with Gasteiger partial charge < -0.3 is 9.84 Å². The van der Waals surface area contributed by atoms with Gasteiger partial charge in [-0.2, -0.15) is 0 Å². The van der Waals surface area contributed by atoms with E-state index in [0.717, 1.165) is 24.2 Å². The fourth-order valence-electron chi connectivity index (χ4n) is 2.78. The summed E-state index contributed by atoms with van der Waals surface area (Å²) in [6.07, 6.45) is 2.87. The van der Waals surface area contributed by atoms with Crippen molar-refractivity contribution in [2.75, 3.05) is 6.61 Å². The summed E-state index contributed by atoms with van der Waals surface area (Å²) in [6.45, 7) is 2.44. The predicted molar refractivity (Wildman–Crippen MR) is 69.9 cm³/mol. The molecule has 0 bridgehead atoms. The first kappa shape index (κ1) is 13.8. The molecule has 0 heterocycles. The minimum absolute atomic E-state index is 0.202. The van der Waals surface area contributed by atoms with Crippen molar-refractivity contribution in [3.05, 3.63) is 29.6 Å². The Hall–Kier alpha value is -1.58. The molecule has 1 aromatic carbocycles. The van der Waals surface area contributed by atoms with Gasteiger partial charge in [0.2, 0.25) is 0 Å². The van der Waals surface area contributed by atoms with E-state index in [2.05, 4.69) is 0 Å². The molecule has 19 heavy (non-hydrogen) atoms. The topological polar surface area (TPSA) is 46.5 Å². The van der Waals surface area contributed by atoms with Gasteiger partial charge in [-0.1, -0.05) is 0 Å². The molecule has 0 radical (unpaired) electrons. The summed E-state index contributed by atoms with van der Waals surface area (Å²) in [5.41, 5.74) is 0.880. The average molecular weight is 266 g/mol. The number of rotatable bonds is 4. The van der Waals surface area contributed by atoms with Crippen molar-refractivity contribution in [2.24, 2.45) is 5.92 Å². The molecule has 1 fully saturated rings. The quantitative estimate of drug-likeness (QED) is 0.906. The number of carboxylic acid groups (broad SMARTS) is 1. The number of ether oxygens (including phenoxy) is 1. The van der Waals surface area contributed by atoms with Crippen LogP contribution in [0.25, 0.3) is 0 Å². The van der Waals surface area contributed by atoms with E-state index in [4.69, 9.17) is 9.84 Å². The lowest BCUT2D eigenvalue weighted by atomic mass is 9.78. The van der Waals surface area contributed by atoms with Gasteiger partial charge in [-0.15, -0.1) is 0 Å². The van der Waals surface area contributed by atoms with Crippen LogP contribution in [0.3, 0.4) is 0 Å². The van der Waals surface area contributed by atoms with Crippen LogP contribution < -0.4 is 4.74 Å². The Balaban J connectivity index is 2.14. The average Bonchev–Trinajstić information content (AvgIpc) is 2.41. The zero-order chi connectivity index (χ0) is 13.8. The Morgan fingerprint density at radius 3 is 2.63 bits per heavy atom. The molecule has 0 saturated heterocycles. The highest BCUT2D eigenvalue weighted by molar-refractivity contribution is 5.70. The maximum absolute atomic E-state index is 13.4. The van der Waals surface area contributed by atoms with Crippen molar-refractivity contribution < 1.29 is 19.0 Å². The predicted octanol–water partition coefficient (Wildman–Crippen LogP) is 3.58. The van der Waals surface area contributed by atoms with Gasteiger partial charge in [-0.25, -0.2) is 4.39 Å². The van der Waals surface area contributed by atoms with Crippen LogP contribution in [0.5, 0.6) is 5.75 Å². The van der Waals surface area contributed by atoms with E-state index in [0.29, 0.717) is 19.4 Å².